The number of halogens is 6. The van der Waals surface area contributed by atoms with Gasteiger partial charge in [0.15, 0.2) is 0 Å². The topological polar surface area (TPSA) is 104 Å². The van der Waals surface area contributed by atoms with Crippen LogP contribution in [0.3, 0.4) is 0 Å². The third-order valence-electron chi connectivity index (χ3n) is 12.8. The molecule has 0 aliphatic rings. The Balaban J connectivity index is 0.000000284. The zero-order valence-corrected chi connectivity index (χ0v) is 43.6. The summed E-state index contributed by atoms with van der Waals surface area (Å²) in [4.78, 5) is 54.8. The molecular formula is C63H66F6N2O6. The molecule has 0 saturated carbocycles. The number of aryl methyl sites for hydroxylation is 2. The molecule has 0 bridgehead atoms. The number of amides is 2. The number of carboxylic acids is 1. The number of carboxylic acid groups (broad SMARTS) is 1. The highest BCUT2D eigenvalue weighted by molar-refractivity contribution is 5.95. The first-order chi connectivity index (χ1) is 36.9. The molecule has 6 aromatic carbocycles. The summed E-state index contributed by atoms with van der Waals surface area (Å²) >= 11 is 0. The highest BCUT2D eigenvalue weighted by Crippen LogP contribution is 2.31. The van der Waals surface area contributed by atoms with Crippen molar-refractivity contribution in [1.29, 1.82) is 0 Å². The number of carbonyl (C=O) groups is 4. The number of alkyl halides is 6. The molecular weight excluding hydrogens is 995 g/mol. The van der Waals surface area contributed by atoms with Gasteiger partial charge < -0.3 is 19.6 Å². The van der Waals surface area contributed by atoms with Crippen molar-refractivity contribution in [1.82, 2.24) is 9.80 Å². The first-order valence-electron chi connectivity index (χ1n) is 25.7. The smallest absolute Gasteiger partial charge is 0.416 e. The fraction of sp³-hybridized carbons (Fsp3) is 0.302. The molecule has 0 saturated heterocycles. The molecule has 406 valence electrons. The Bertz CT molecular complexity index is 2820. The Labute approximate surface area is 447 Å². The lowest BCUT2D eigenvalue weighted by molar-refractivity contribution is -0.151. The highest BCUT2D eigenvalue weighted by atomic mass is 19.4. The monoisotopic (exact) mass is 1060 g/mol. The van der Waals surface area contributed by atoms with Crippen LogP contribution in [0.2, 0.25) is 0 Å². The van der Waals surface area contributed by atoms with Gasteiger partial charge in [0, 0.05) is 38.1 Å². The standard InChI is InChI=1S/C32H34F3NO3.C31H32F3NO3/c1-3-4-6-9-24-12-14-27(15-13-24)23-36(29(31(38)39-2)22-26-10-7-5-8-11-26)30(37)21-18-25-16-19-28(20-17-25)32(33,34)35;1-2-3-5-8-23-11-13-26(14-12-23)22-35(28(30(37)38)21-25-9-6-4-7-10-25)29(36)20-17-24-15-18-27(19-16-24)31(32,33)34/h5,7-8,10-21,29H,3-4,6,9,22-23H2,1-2H3;4,6-7,9-20,28H,2-3,5,8,21-22H2,1H3,(H,37,38)/b21-18+;20-17+/t29-;28-/m00/s1. The van der Waals surface area contributed by atoms with Gasteiger partial charge in [0.1, 0.15) is 12.1 Å². The van der Waals surface area contributed by atoms with E-state index in [4.69, 9.17) is 4.74 Å². The number of unbranched alkanes of at least 4 members (excludes halogenated alkanes) is 4. The largest absolute Gasteiger partial charge is 0.480 e. The SMILES string of the molecule is CCCCCc1ccc(CN(C(=O)/C=C/c2ccc(C(F)(F)F)cc2)[C@@H](Cc2ccccc2)C(=O)O)cc1.CCCCCc1ccc(CN(C(=O)/C=C/c2ccc(C(F)(F)F)cc2)[C@@H](Cc2ccccc2)C(=O)OC)cc1. The quantitative estimate of drug-likeness (QED) is 0.0280. The number of esters is 1. The highest BCUT2D eigenvalue weighted by Gasteiger charge is 2.33. The van der Waals surface area contributed by atoms with Crippen molar-refractivity contribution >= 4 is 35.9 Å². The van der Waals surface area contributed by atoms with Crippen LogP contribution in [-0.2, 0) is 75.0 Å². The molecule has 0 aliphatic carbocycles. The number of nitrogens with zero attached hydrogens (tertiary/aromatic N) is 2. The van der Waals surface area contributed by atoms with Gasteiger partial charge in [0.2, 0.25) is 11.8 Å². The Morgan fingerprint density at radius 2 is 0.831 bits per heavy atom. The Morgan fingerprint density at radius 3 is 1.17 bits per heavy atom. The van der Waals surface area contributed by atoms with Gasteiger partial charge in [-0.3, -0.25) is 9.59 Å². The van der Waals surface area contributed by atoms with Crippen LogP contribution in [0.4, 0.5) is 26.3 Å². The van der Waals surface area contributed by atoms with Crippen LogP contribution in [0.15, 0.2) is 170 Å². The molecule has 1 N–H and O–H groups in total. The number of hydrogen-bond acceptors (Lipinski definition) is 5. The Hall–Kier alpha value is -7.74. The van der Waals surface area contributed by atoms with E-state index >= 15 is 0 Å². The number of benzene rings is 6. The zero-order valence-electron chi connectivity index (χ0n) is 43.6. The third kappa shape index (κ3) is 20.0. The van der Waals surface area contributed by atoms with Crippen molar-refractivity contribution in [2.75, 3.05) is 7.11 Å². The molecule has 0 radical (unpaired) electrons. The zero-order chi connectivity index (χ0) is 55.8. The number of methoxy groups -OCH3 is 1. The summed E-state index contributed by atoms with van der Waals surface area (Å²) < 4.78 is 82.4. The van der Waals surface area contributed by atoms with E-state index in [0.717, 1.165) is 97.9 Å². The van der Waals surface area contributed by atoms with E-state index in [9.17, 15) is 50.6 Å². The van der Waals surface area contributed by atoms with E-state index in [-0.39, 0.29) is 25.9 Å². The maximum Gasteiger partial charge on any atom is 0.416 e. The second-order valence-electron chi connectivity index (χ2n) is 18.7. The van der Waals surface area contributed by atoms with Crippen LogP contribution in [0.25, 0.3) is 12.2 Å². The molecule has 0 unspecified atom stereocenters. The summed E-state index contributed by atoms with van der Waals surface area (Å²) in [6, 6.07) is 41.1. The molecule has 8 nitrogen and oxygen atoms in total. The minimum atomic E-state index is -4.45. The summed E-state index contributed by atoms with van der Waals surface area (Å²) in [6.45, 7) is 4.55. The van der Waals surface area contributed by atoms with E-state index < -0.39 is 59.3 Å². The Morgan fingerprint density at radius 1 is 0.481 bits per heavy atom. The fourth-order valence-electron chi connectivity index (χ4n) is 8.41. The lowest BCUT2D eigenvalue weighted by Crippen LogP contribution is -2.46. The number of aliphatic carboxylic acids is 1. The lowest BCUT2D eigenvalue weighted by Gasteiger charge is -2.29. The summed E-state index contributed by atoms with van der Waals surface area (Å²) in [5.41, 5.74) is 4.96. The van der Waals surface area contributed by atoms with Gasteiger partial charge in [-0.2, -0.15) is 26.3 Å². The van der Waals surface area contributed by atoms with E-state index in [1.165, 1.54) is 76.6 Å². The lowest BCUT2D eigenvalue weighted by atomic mass is 10.0. The van der Waals surface area contributed by atoms with E-state index in [2.05, 4.69) is 13.8 Å². The van der Waals surface area contributed by atoms with Crippen molar-refractivity contribution in [2.24, 2.45) is 0 Å². The minimum Gasteiger partial charge on any atom is -0.480 e. The van der Waals surface area contributed by atoms with Gasteiger partial charge in [0.05, 0.1) is 18.2 Å². The summed E-state index contributed by atoms with van der Waals surface area (Å²) in [6.07, 6.45) is 5.53. The predicted molar refractivity (Wildman–Crippen MR) is 289 cm³/mol. The van der Waals surface area contributed by atoms with Gasteiger partial charge >= 0.3 is 24.3 Å². The van der Waals surface area contributed by atoms with Crippen molar-refractivity contribution < 1.29 is 55.4 Å². The molecule has 0 aliphatic heterocycles. The number of rotatable bonds is 24. The predicted octanol–water partition coefficient (Wildman–Crippen LogP) is 14.4. The van der Waals surface area contributed by atoms with Crippen LogP contribution in [0.1, 0.15) is 108 Å². The van der Waals surface area contributed by atoms with Crippen molar-refractivity contribution in [3.8, 4) is 0 Å². The van der Waals surface area contributed by atoms with Crippen LogP contribution < -0.4 is 0 Å². The molecule has 0 aromatic heterocycles. The van der Waals surface area contributed by atoms with Crippen LogP contribution in [0, 0.1) is 0 Å². The molecule has 2 amide bonds. The molecule has 77 heavy (non-hydrogen) atoms. The second-order valence-corrected chi connectivity index (χ2v) is 18.7. The average Bonchev–Trinajstić information content (AvgIpc) is 3.42. The molecule has 0 fully saturated rings. The van der Waals surface area contributed by atoms with E-state index in [0.29, 0.717) is 11.1 Å². The van der Waals surface area contributed by atoms with Crippen molar-refractivity contribution in [2.45, 2.75) is 116 Å². The van der Waals surface area contributed by atoms with Gasteiger partial charge in [-0.1, -0.05) is 173 Å². The van der Waals surface area contributed by atoms with Crippen LogP contribution in [-0.4, -0.2) is 57.9 Å². The van der Waals surface area contributed by atoms with Gasteiger partial charge in [-0.15, -0.1) is 0 Å². The van der Waals surface area contributed by atoms with Crippen LogP contribution in [0.5, 0.6) is 0 Å². The van der Waals surface area contributed by atoms with Crippen LogP contribution >= 0.6 is 0 Å². The molecule has 14 heteroatoms. The second kappa shape index (κ2) is 30.1. The van der Waals surface area contributed by atoms with E-state index in [1.807, 2.05) is 109 Å². The molecule has 0 heterocycles. The normalized spacial score (nSPS) is 12.4. The molecule has 0 spiro atoms. The van der Waals surface area contributed by atoms with Gasteiger partial charge in [-0.25, -0.2) is 9.59 Å². The minimum absolute atomic E-state index is 0.0786. The number of carbonyl (C=O) groups excluding carboxylic acids is 3. The molecule has 2 atom stereocenters. The van der Waals surface area contributed by atoms with E-state index in [1.54, 1.807) is 0 Å². The molecule has 6 rings (SSSR count). The van der Waals surface area contributed by atoms with Gasteiger partial charge in [0.25, 0.3) is 0 Å². The first kappa shape index (κ1) is 60.1. The Kier molecular flexibility index (Phi) is 23.5. The third-order valence-corrected chi connectivity index (χ3v) is 12.8. The first-order valence-corrected chi connectivity index (χ1v) is 25.7. The number of ether oxygens (including phenoxy) is 1. The fourth-order valence-corrected chi connectivity index (χ4v) is 8.41. The van der Waals surface area contributed by atoms with Gasteiger partial charge in [-0.05, 0) is 107 Å². The summed E-state index contributed by atoms with van der Waals surface area (Å²) in [5, 5.41) is 10.1. The number of hydrogen-bond donors (Lipinski definition) is 1. The maximum atomic E-state index is 13.5. The maximum absolute atomic E-state index is 13.5. The molecule has 6 aromatic rings. The summed E-state index contributed by atoms with van der Waals surface area (Å²) in [5.74, 6) is -2.68. The average molecular weight is 1060 g/mol. The van der Waals surface area contributed by atoms with Crippen molar-refractivity contribution in [3.05, 3.63) is 226 Å². The van der Waals surface area contributed by atoms with Crippen molar-refractivity contribution in [3.63, 3.8) is 0 Å². The summed E-state index contributed by atoms with van der Waals surface area (Å²) in [7, 11) is 1.28.